The molecule has 0 fully saturated rings. The Bertz CT molecular complexity index is 772. The number of methoxy groups -OCH3 is 1. The van der Waals surface area contributed by atoms with Gasteiger partial charge in [0.05, 0.1) is 17.7 Å². The molecule has 0 aromatic heterocycles. The maximum absolute atomic E-state index is 13.5. The number of ether oxygens (including phenoxy) is 1. The van der Waals surface area contributed by atoms with E-state index in [1.807, 2.05) is 13.8 Å². The Hall–Kier alpha value is -1.60. The first kappa shape index (κ1) is 20.7. The lowest BCUT2D eigenvalue weighted by molar-refractivity contribution is -0.108. The third-order valence-electron chi connectivity index (χ3n) is 3.62. The summed E-state index contributed by atoms with van der Waals surface area (Å²) >= 11 is 6.88. The summed E-state index contributed by atoms with van der Waals surface area (Å²) < 4.78 is 45.5. The zero-order chi connectivity index (χ0) is 19.6. The van der Waals surface area contributed by atoms with Crippen LogP contribution in [0, 0.1) is 5.92 Å². The normalized spacial score (nSPS) is 16.8. The Morgan fingerprint density at radius 1 is 1.38 bits per heavy atom. The summed E-state index contributed by atoms with van der Waals surface area (Å²) in [5.41, 5.74) is -0.510. The third-order valence-corrected chi connectivity index (χ3v) is 4.91. The van der Waals surface area contributed by atoms with Crippen LogP contribution in [0.15, 0.2) is 39.9 Å². The number of carbonyl (C=O) groups excluding carboxylic acids is 1. The van der Waals surface area contributed by atoms with Crippen molar-refractivity contribution in [3.8, 4) is 5.75 Å². The summed E-state index contributed by atoms with van der Waals surface area (Å²) in [4.78, 5) is 14.0. The molecule has 142 valence electrons. The van der Waals surface area contributed by atoms with Gasteiger partial charge in [-0.2, -0.15) is 13.2 Å². The van der Waals surface area contributed by atoms with E-state index in [0.29, 0.717) is 10.8 Å². The molecule has 0 amide bonds. The first-order valence-electron chi connectivity index (χ1n) is 7.87. The fraction of sp³-hybridized carbons (Fsp3) is 0.389. The summed E-state index contributed by atoms with van der Waals surface area (Å²) in [5, 5.41) is 0.589. The molecule has 0 N–H and O–H groups in total. The Kier molecular flexibility index (Phi) is 6.34. The molecule has 0 saturated carbocycles. The molecule has 0 aliphatic carbocycles. The molecule has 0 unspecified atom stereocenters. The number of nitrogens with zero attached hydrogens (tertiary/aromatic N) is 1. The van der Waals surface area contributed by atoms with E-state index in [1.54, 1.807) is 12.1 Å². The fourth-order valence-corrected chi connectivity index (χ4v) is 3.88. The van der Waals surface area contributed by atoms with Gasteiger partial charge in [-0.3, -0.25) is 4.79 Å². The molecule has 26 heavy (non-hydrogen) atoms. The number of benzene rings is 1. The van der Waals surface area contributed by atoms with E-state index in [1.165, 1.54) is 31.1 Å². The lowest BCUT2D eigenvalue weighted by Gasteiger charge is -2.26. The van der Waals surface area contributed by atoms with E-state index in [2.05, 4.69) is 0 Å². The monoisotopic (exact) mass is 405 g/mol. The predicted molar refractivity (Wildman–Crippen MR) is 98.3 cm³/mol. The number of hydrogen-bond donors (Lipinski definition) is 0. The van der Waals surface area contributed by atoms with Crippen molar-refractivity contribution in [2.24, 2.45) is 5.92 Å². The maximum atomic E-state index is 13.5. The van der Waals surface area contributed by atoms with Crippen molar-refractivity contribution in [3.63, 3.8) is 0 Å². The van der Waals surface area contributed by atoms with Crippen LogP contribution in [0.2, 0.25) is 5.02 Å². The SMILES string of the molecule is COc1ccc(Cl)cc1C(=O)C=C1SC(C)=C(C(F)(F)F)N1CC(C)C. The second-order valence-corrected chi connectivity index (χ2v) is 7.87. The highest BCUT2D eigenvalue weighted by Gasteiger charge is 2.44. The largest absolute Gasteiger partial charge is 0.496 e. The summed E-state index contributed by atoms with van der Waals surface area (Å²) in [5.74, 6) is -0.162. The Balaban J connectivity index is 2.43. The van der Waals surface area contributed by atoms with E-state index in [0.717, 1.165) is 11.8 Å². The van der Waals surface area contributed by atoms with Crippen molar-refractivity contribution in [3.05, 3.63) is 50.5 Å². The highest BCUT2D eigenvalue weighted by Crippen LogP contribution is 2.47. The molecule has 0 bridgehead atoms. The standard InChI is InChI=1S/C18H19ClF3NO2S/c1-10(2)9-23-16(26-11(3)17(23)18(20,21)22)8-14(24)13-7-12(19)5-6-15(13)25-4/h5-8,10H,9H2,1-4H3. The number of hydrogen-bond acceptors (Lipinski definition) is 4. The van der Waals surface area contributed by atoms with Crippen molar-refractivity contribution in [1.82, 2.24) is 4.90 Å². The van der Waals surface area contributed by atoms with Crippen molar-refractivity contribution >= 4 is 29.1 Å². The number of carbonyl (C=O) groups is 1. The lowest BCUT2D eigenvalue weighted by atomic mass is 10.1. The highest BCUT2D eigenvalue weighted by molar-refractivity contribution is 8.06. The lowest BCUT2D eigenvalue weighted by Crippen LogP contribution is -2.31. The Morgan fingerprint density at radius 3 is 2.58 bits per heavy atom. The zero-order valence-corrected chi connectivity index (χ0v) is 16.4. The zero-order valence-electron chi connectivity index (χ0n) is 14.8. The van der Waals surface area contributed by atoms with Crippen LogP contribution < -0.4 is 4.74 Å². The van der Waals surface area contributed by atoms with Gasteiger partial charge in [0.15, 0.2) is 5.78 Å². The number of allylic oxidation sites excluding steroid dienone is 3. The van der Waals surface area contributed by atoms with Crippen molar-refractivity contribution in [1.29, 1.82) is 0 Å². The van der Waals surface area contributed by atoms with Crippen molar-refractivity contribution < 1.29 is 22.7 Å². The van der Waals surface area contributed by atoms with Crippen LogP contribution in [0.3, 0.4) is 0 Å². The molecule has 0 atom stereocenters. The van der Waals surface area contributed by atoms with Gasteiger partial charge in [-0.25, -0.2) is 0 Å². The minimum absolute atomic E-state index is 0.0157. The number of rotatable bonds is 5. The van der Waals surface area contributed by atoms with Gasteiger partial charge in [-0.1, -0.05) is 37.2 Å². The average Bonchev–Trinajstić information content (AvgIpc) is 2.81. The molecule has 1 aliphatic heterocycles. The Labute approximate surface area is 159 Å². The van der Waals surface area contributed by atoms with Crippen LogP contribution in [0.4, 0.5) is 13.2 Å². The predicted octanol–water partition coefficient (Wildman–Crippen LogP) is 5.87. The topological polar surface area (TPSA) is 29.5 Å². The fourth-order valence-electron chi connectivity index (χ4n) is 2.63. The van der Waals surface area contributed by atoms with Gasteiger partial charge < -0.3 is 9.64 Å². The summed E-state index contributed by atoms with van der Waals surface area (Å²) in [6.45, 7) is 5.22. The molecule has 0 radical (unpaired) electrons. The van der Waals surface area contributed by atoms with Gasteiger partial charge in [0.25, 0.3) is 0 Å². The molecule has 0 saturated heterocycles. The van der Waals surface area contributed by atoms with Crippen LogP contribution in [0.1, 0.15) is 31.1 Å². The molecule has 1 aliphatic rings. The second-order valence-electron chi connectivity index (χ2n) is 6.20. The van der Waals surface area contributed by atoms with E-state index >= 15 is 0 Å². The summed E-state index contributed by atoms with van der Waals surface area (Å²) in [6.07, 6.45) is -3.28. The number of halogens is 4. The Morgan fingerprint density at radius 2 is 2.04 bits per heavy atom. The van der Waals surface area contributed by atoms with Crippen molar-refractivity contribution in [2.75, 3.05) is 13.7 Å². The molecule has 1 heterocycles. The highest BCUT2D eigenvalue weighted by atomic mass is 35.5. The summed E-state index contributed by atoms with van der Waals surface area (Å²) in [6, 6.07) is 4.57. The quantitative estimate of drug-likeness (QED) is 0.452. The van der Waals surface area contributed by atoms with Gasteiger partial charge in [0.1, 0.15) is 11.4 Å². The van der Waals surface area contributed by atoms with Gasteiger partial charge in [0, 0.05) is 22.5 Å². The van der Waals surface area contributed by atoms with E-state index in [9.17, 15) is 18.0 Å². The van der Waals surface area contributed by atoms with Crippen LogP contribution in [0.25, 0.3) is 0 Å². The minimum Gasteiger partial charge on any atom is -0.496 e. The molecule has 0 spiro atoms. The van der Waals surface area contributed by atoms with E-state index in [4.69, 9.17) is 16.3 Å². The van der Waals surface area contributed by atoms with Gasteiger partial charge in [-0.15, -0.1) is 0 Å². The summed E-state index contributed by atoms with van der Waals surface area (Å²) in [7, 11) is 1.41. The first-order valence-corrected chi connectivity index (χ1v) is 9.07. The first-order chi connectivity index (χ1) is 12.0. The molecule has 8 heteroatoms. The molecular formula is C18H19ClF3NO2S. The number of ketones is 1. The molecule has 2 rings (SSSR count). The van der Waals surface area contributed by atoms with E-state index < -0.39 is 17.7 Å². The van der Waals surface area contributed by atoms with Gasteiger partial charge >= 0.3 is 6.18 Å². The molecular weight excluding hydrogens is 387 g/mol. The van der Waals surface area contributed by atoms with Crippen molar-refractivity contribution in [2.45, 2.75) is 26.9 Å². The second kappa shape index (κ2) is 7.96. The smallest absolute Gasteiger partial charge is 0.432 e. The van der Waals surface area contributed by atoms with E-state index in [-0.39, 0.29) is 28.0 Å². The number of alkyl halides is 3. The average molecular weight is 406 g/mol. The minimum atomic E-state index is -4.49. The van der Waals surface area contributed by atoms with Crippen LogP contribution in [-0.4, -0.2) is 30.5 Å². The maximum Gasteiger partial charge on any atom is 0.432 e. The van der Waals surface area contributed by atoms with Crippen LogP contribution in [0.5, 0.6) is 5.75 Å². The molecule has 3 nitrogen and oxygen atoms in total. The molecule has 1 aromatic carbocycles. The van der Waals surface area contributed by atoms with Crippen LogP contribution >= 0.6 is 23.4 Å². The molecule has 1 aromatic rings. The third kappa shape index (κ3) is 4.57. The number of thioether (sulfide) groups is 1. The van der Waals surface area contributed by atoms with Gasteiger partial charge in [-0.05, 0) is 31.0 Å². The van der Waals surface area contributed by atoms with Gasteiger partial charge in [0.2, 0.25) is 0 Å². The van der Waals surface area contributed by atoms with Crippen LogP contribution in [-0.2, 0) is 0 Å².